The Bertz CT molecular complexity index is 467. The number of rotatable bonds is 2. The van der Waals surface area contributed by atoms with Gasteiger partial charge in [0.15, 0.2) is 12.0 Å². The second-order valence-corrected chi connectivity index (χ2v) is 2.90. The van der Waals surface area contributed by atoms with Gasteiger partial charge in [0.1, 0.15) is 17.0 Å². The lowest BCUT2D eigenvalue weighted by Gasteiger charge is -2.17. The summed E-state index contributed by atoms with van der Waals surface area (Å²) in [7, 11) is 0. The van der Waals surface area contributed by atoms with Gasteiger partial charge in [0, 0.05) is 0 Å². The molecule has 0 aliphatic heterocycles. The molecular weight excluding hydrogens is 272 g/mol. The zero-order valence-electron chi connectivity index (χ0n) is 8.13. The number of hydrogen-bond donors (Lipinski definition) is 1. The van der Waals surface area contributed by atoms with Crippen LogP contribution in [0.25, 0.3) is 0 Å². The van der Waals surface area contributed by atoms with Crippen molar-refractivity contribution in [2.24, 2.45) is 0 Å². The van der Waals surface area contributed by atoms with Crippen LogP contribution in [0.2, 0.25) is 0 Å². The Morgan fingerprint density at radius 2 is 1.78 bits per heavy atom. The van der Waals surface area contributed by atoms with Gasteiger partial charge < -0.3 is 9.84 Å². The van der Waals surface area contributed by atoms with E-state index in [1.807, 2.05) is 0 Å². The summed E-state index contributed by atoms with van der Waals surface area (Å²) in [5.41, 5.74) is -3.34. The van der Waals surface area contributed by atoms with Crippen LogP contribution in [0.5, 0.6) is 11.5 Å². The van der Waals surface area contributed by atoms with Crippen molar-refractivity contribution in [2.45, 2.75) is 12.5 Å². The molecule has 0 saturated carbocycles. The fourth-order valence-electron chi connectivity index (χ4n) is 1.08. The molecular formula is C8H3F6NO3. The first kappa shape index (κ1) is 14.1. The van der Waals surface area contributed by atoms with Gasteiger partial charge in [-0.25, -0.2) is 4.98 Å². The molecule has 0 amide bonds. The Morgan fingerprint density at radius 3 is 2.17 bits per heavy atom. The molecule has 1 rings (SSSR count). The molecule has 0 unspecified atom stereocenters. The molecule has 18 heavy (non-hydrogen) atoms. The molecule has 100 valence electrons. The number of alkyl halides is 6. The number of aromatic hydroxyl groups is 1. The van der Waals surface area contributed by atoms with Crippen molar-refractivity contribution in [3.63, 3.8) is 0 Å². The first-order valence-electron chi connectivity index (χ1n) is 4.06. The fourth-order valence-corrected chi connectivity index (χ4v) is 1.08. The molecule has 1 N–H and O–H groups in total. The molecule has 0 radical (unpaired) electrons. The Labute approximate surface area is 94.8 Å². The summed E-state index contributed by atoms with van der Waals surface area (Å²) < 4.78 is 76.3. The maximum Gasteiger partial charge on any atom is 0.573 e. The fraction of sp³-hybridized carbons (Fsp3) is 0.250. The number of aromatic nitrogens is 1. The van der Waals surface area contributed by atoms with Gasteiger partial charge in [-0.05, 0) is 0 Å². The van der Waals surface area contributed by atoms with E-state index >= 15 is 0 Å². The van der Waals surface area contributed by atoms with Crippen molar-refractivity contribution in [3.05, 3.63) is 17.5 Å². The first-order valence-corrected chi connectivity index (χ1v) is 4.06. The zero-order valence-corrected chi connectivity index (χ0v) is 8.13. The topological polar surface area (TPSA) is 59.4 Å². The summed E-state index contributed by atoms with van der Waals surface area (Å²) in [6.45, 7) is 0. The number of aldehydes is 1. The van der Waals surface area contributed by atoms with Crippen molar-refractivity contribution in [1.29, 1.82) is 0 Å². The van der Waals surface area contributed by atoms with Crippen LogP contribution in [-0.4, -0.2) is 22.7 Å². The van der Waals surface area contributed by atoms with E-state index in [4.69, 9.17) is 5.11 Å². The van der Waals surface area contributed by atoms with Crippen LogP contribution >= 0.6 is 0 Å². The van der Waals surface area contributed by atoms with Crippen molar-refractivity contribution in [1.82, 2.24) is 4.98 Å². The smallest absolute Gasteiger partial charge is 0.506 e. The van der Waals surface area contributed by atoms with E-state index < -0.39 is 35.3 Å². The van der Waals surface area contributed by atoms with Gasteiger partial charge in [0.05, 0.1) is 6.20 Å². The summed E-state index contributed by atoms with van der Waals surface area (Å²) in [5.74, 6) is -3.46. The van der Waals surface area contributed by atoms with Gasteiger partial charge in [0.25, 0.3) is 0 Å². The van der Waals surface area contributed by atoms with Crippen LogP contribution in [-0.2, 0) is 6.18 Å². The number of halogens is 6. The summed E-state index contributed by atoms with van der Waals surface area (Å²) in [6.07, 6.45) is -11.0. The summed E-state index contributed by atoms with van der Waals surface area (Å²) >= 11 is 0. The summed E-state index contributed by atoms with van der Waals surface area (Å²) in [4.78, 5) is 13.3. The lowest BCUT2D eigenvalue weighted by Crippen LogP contribution is -2.22. The second-order valence-electron chi connectivity index (χ2n) is 2.90. The highest BCUT2D eigenvalue weighted by molar-refractivity contribution is 5.78. The van der Waals surface area contributed by atoms with Gasteiger partial charge in [-0.1, -0.05) is 0 Å². The Kier molecular flexibility index (Phi) is 3.40. The largest absolute Gasteiger partial charge is 0.573 e. The highest BCUT2D eigenvalue weighted by Gasteiger charge is 2.43. The van der Waals surface area contributed by atoms with Gasteiger partial charge in [-0.2, -0.15) is 13.2 Å². The Morgan fingerprint density at radius 1 is 1.22 bits per heavy atom. The van der Waals surface area contributed by atoms with Gasteiger partial charge >= 0.3 is 12.5 Å². The molecule has 0 aliphatic carbocycles. The van der Waals surface area contributed by atoms with Gasteiger partial charge in [0.2, 0.25) is 0 Å². The standard InChI is InChI=1S/C8H3F6NO3/c9-7(10,11)5-4(17)1-15-3(2-16)6(5)18-8(12,13)14/h1-2,17H. The third-order valence-corrected chi connectivity index (χ3v) is 1.65. The van der Waals surface area contributed by atoms with Gasteiger partial charge in [-0.3, -0.25) is 4.79 Å². The molecule has 0 aromatic carbocycles. The van der Waals surface area contributed by atoms with Crippen LogP contribution in [0.15, 0.2) is 6.20 Å². The first-order chi connectivity index (χ1) is 8.06. The predicted octanol–water partition coefficient (Wildman–Crippen LogP) is 2.52. The summed E-state index contributed by atoms with van der Waals surface area (Å²) in [5, 5.41) is 8.90. The Balaban J connectivity index is 3.52. The van der Waals surface area contributed by atoms with Crippen LogP contribution < -0.4 is 4.74 Å². The molecule has 0 fully saturated rings. The molecule has 10 heteroatoms. The normalized spacial score (nSPS) is 12.3. The van der Waals surface area contributed by atoms with E-state index in [-0.39, 0.29) is 12.5 Å². The molecule has 0 saturated heterocycles. The van der Waals surface area contributed by atoms with Crippen molar-refractivity contribution in [3.8, 4) is 11.5 Å². The molecule has 0 aliphatic rings. The summed E-state index contributed by atoms with van der Waals surface area (Å²) in [6, 6.07) is 0. The molecule has 1 aromatic heterocycles. The van der Waals surface area contributed by atoms with Crippen molar-refractivity contribution < 1.29 is 41.0 Å². The van der Waals surface area contributed by atoms with E-state index in [0.717, 1.165) is 0 Å². The quantitative estimate of drug-likeness (QED) is 0.665. The lowest BCUT2D eigenvalue weighted by molar-refractivity contribution is -0.276. The van der Waals surface area contributed by atoms with E-state index in [1.54, 1.807) is 0 Å². The van der Waals surface area contributed by atoms with Crippen molar-refractivity contribution in [2.75, 3.05) is 0 Å². The molecule has 0 spiro atoms. The minimum atomic E-state index is -5.47. The number of ether oxygens (including phenoxy) is 1. The minimum absolute atomic E-state index is 0.204. The predicted molar refractivity (Wildman–Crippen MR) is 43.0 cm³/mol. The lowest BCUT2D eigenvalue weighted by atomic mass is 10.2. The number of carbonyl (C=O) groups is 1. The molecule has 1 aromatic rings. The van der Waals surface area contributed by atoms with E-state index in [2.05, 4.69) is 9.72 Å². The highest BCUT2D eigenvalue weighted by Crippen LogP contribution is 2.44. The molecule has 0 bridgehead atoms. The van der Waals surface area contributed by atoms with E-state index in [0.29, 0.717) is 0 Å². The molecule has 0 atom stereocenters. The number of pyridine rings is 1. The van der Waals surface area contributed by atoms with E-state index in [9.17, 15) is 31.1 Å². The molecule has 1 heterocycles. The third-order valence-electron chi connectivity index (χ3n) is 1.65. The number of carbonyl (C=O) groups excluding carboxylic acids is 1. The average molecular weight is 275 g/mol. The molecule has 4 nitrogen and oxygen atoms in total. The van der Waals surface area contributed by atoms with Crippen LogP contribution in [0.3, 0.4) is 0 Å². The van der Waals surface area contributed by atoms with Crippen LogP contribution in [0, 0.1) is 0 Å². The van der Waals surface area contributed by atoms with Gasteiger partial charge in [-0.15, -0.1) is 13.2 Å². The Hall–Kier alpha value is -2.00. The second kappa shape index (κ2) is 4.35. The average Bonchev–Trinajstić information content (AvgIpc) is 2.13. The third kappa shape index (κ3) is 3.02. The highest BCUT2D eigenvalue weighted by atomic mass is 19.4. The van der Waals surface area contributed by atoms with Crippen molar-refractivity contribution >= 4 is 6.29 Å². The van der Waals surface area contributed by atoms with Crippen LogP contribution in [0.1, 0.15) is 16.1 Å². The zero-order chi connectivity index (χ0) is 14.1. The SMILES string of the molecule is O=Cc1ncc(O)c(C(F)(F)F)c1OC(F)(F)F. The number of hydrogen-bond acceptors (Lipinski definition) is 4. The van der Waals surface area contributed by atoms with E-state index in [1.165, 1.54) is 0 Å². The monoisotopic (exact) mass is 275 g/mol. The number of nitrogens with zero attached hydrogens (tertiary/aromatic N) is 1. The minimum Gasteiger partial charge on any atom is -0.506 e. The maximum absolute atomic E-state index is 12.4. The maximum atomic E-state index is 12.4. The van der Waals surface area contributed by atoms with Crippen LogP contribution in [0.4, 0.5) is 26.3 Å².